The quantitative estimate of drug-likeness (QED) is 0.174. The summed E-state index contributed by atoms with van der Waals surface area (Å²) in [6.45, 7) is 0. The number of anilines is 3. The van der Waals surface area contributed by atoms with Gasteiger partial charge in [0.25, 0.3) is 0 Å². The summed E-state index contributed by atoms with van der Waals surface area (Å²) in [6, 6.07) is 78.8. The third-order valence-corrected chi connectivity index (χ3v) is 13.7. The summed E-state index contributed by atoms with van der Waals surface area (Å²) < 4.78 is 13.3. The van der Waals surface area contributed by atoms with Gasteiger partial charge in [-0.2, -0.15) is 0 Å². The lowest BCUT2D eigenvalue weighted by Crippen LogP contribution is -2.26. The van der Waals surface area contributed by atoms with Crippen molar-refractivity contribution < 1.29 is 8.83 Å². The molecule has 4 nitrogen and oxygen atoms in total. The number of fused-ring (bicyclic) bond motifs is 16. The van der Waals surface area contributed by atoms with Crippen molar-refractivity contribution in [1.82, 2.24) is 4.98 Å². The lowest BCUT2D eigenvalue weighted by Gasteiger charge is -2.32. The lowest BCUT2D eigenvalue weighted by molar-refractivity contribution is 0.620. The Labute approximate surface area is 368 Å². The summed E-state index contributed by atoms with van der Waals surface area (Å²) in [6.07, 6.45) is 0. The zero-order valence-electron chi connectivity index (χ0n) is 34.5. The monoisotopic (exact) mass is 816 g/mol. The molecule has 2 aliphatic carbocycles. The molecule has 2 aromatic heterocycles. The average molecular weight is 817 g/mol. The first-order chi connectivity index (χ1) is 31.7. The Morgan fingerprint density at radius 2 is 0.984 bits per heavy atom. The number of hydrogen-bond donors (Lipinski definition) is 0. The van der Waals surface area contributed by atoms with Crippen molar-refractivity contribution in [3.8, 4) is 44.8 Å². The van der Waals surface area contributed by atoms with E-state index in [1.165, 1.54) is 50.1 Å². The molecule has 0 unspecified atom stereocenters. The molecule has 0 saturated carbocycles. The predicted molar refractivity (Wildman–Crippen MR) is 261 cm³/mol. The van der Waals surface area contributed by atoms with Crippen molar-refractivity contribution in [3.05, 3.63) is 241 Å². The highest BCUT2D eigenvalue weighted by Crippen LogP contribution is 2.63. The van der Waals surface area contributed by atoms with Gasteiger partial charge in [-0.3, -0.25) is 0 Å². The van der Waals surface area contributed by atoms with Crippen molar-refractivity contribution in [3.63, 3.8) is 0 Å². The van der Waals surface area contributed by atoms with Crippen LogP contribution in [0.5, 0.6) is 0 Å². The number of nitrogens with zero attached hydrogens (tertiary/aromatic N) is 2. The predicted octanol–water partition coefficient (Wildman–Crippen LogP) is 16.0. The number of aromatic nitrogens is 1. The van der Waals surface area contributed by atoms with E-state index >= 15 is 0 Å². The summed E-state index contributed by atoms with van der Waals surface area (Å²) in [7, 11) is 0. The van der Waals surface area contributed by atoms with Crippen molar-refractivity contribution >= 4 is 60.9 Å². The second-order valence-electron chi connectivity index (χ2n) is 17.0. The van der Waals surface area contributed by atoms with Gasteiger partial charge < -0.3 is 13.7 Å². The molecule has 2 aliphatic rings. The van der Waals surface area contributed by atoms with E-state index in [1.54, 1.807) is 0 Å². The van der Waals surface area contributed by atoms with Gasteiger partial charge in [-0.15, -0.1) is 0 Å². The average Bonchev–Trinajstić information content (AvgIpc) is 4.12. The molecule has 0 N–H and O–H groups in total. The Bertz CT molecular complexity index is 3760. The Morgan fingerprint density at radius 3 is 1.72 bits per heavy atom. The molecule has 64 heavy (non-hydrogen) atoms. The Morgan fingerprint density at radius 1 is 0.391 bits per heavy atom. The van der Waals surface area contributed by atoms with Gasteiger partial charge in [0.05, 0.1) is 16.5 Å². The highest BCUT2D eigenvalue weighted by atomic mass is 16.3. The van der Waals surface area contributed by atoms with Gasteiger partial charge in [-0.1, -0.05) is 158 Å². The molecule has 2 heterocycles. The normalized spacial score (nSPS) is 13.1. The third kappa shape index (κ3) is 4.85. The van der Waals surface area contributed by atoms with Crippen LogP contribution in [-0.2, 0) is 5.41 Å². The molecule has 0 saturated heterocycles. The molecular formula is C60H36N2O2. The van der Waals surface area contributed by atoms with Crippen LogP contribution in [0.15, 0.2) is 227 Å². The van der Waals surface area contributed by atoms with E-state index in [1.807, 2.05) is 30.3 Å². The van der Waals surface area contributed by atoms with Gasteiger partial charge in [-0.05, 0) is 122 Å². The van der Waals surface area contributed by atoms with Gasteiger partial charge in [0.2, 0.25) is 5.89 Å². The zero-order chi connectivity index (χ0) is 41.9. The van der Waals surface area contributed by atoms with E-state index in [4.69, 9.17) is 13.8 Å². The standard InChI is InChI=1S/C60H36N2O2/c1-2-14-37(15-3-1)38-26-29-41(30-27-38)62(42-31-32-47-46-20-8-11-23-51(46)60(52(47)36-42)49-21-9-6-18-44(49)45-19-7-10-22-50(45)60)54-35-39-16-4-5-17-43(39)58-57(54)48-34-40(28-33-55(48)63-58)59-61-53-24-12-13-25-56(53)64-59/h1-36H. The van der Waals surface area contributed by atoms with Crippen LogP contribution in [0, 0.1) is 0 Å². The van der Waals surface area contributed by atoms with Crippen LogP contribution in [0.3, 0.4) is 0 Å². The minimum absolute atomic E-state index is 0.493. The van der Waals surface area contributed by atoms with Crippen molar-refractivity contribution in [2.45, 2.75) is 5.41 Å². The summed E-state index contributed by atoms with van der Waals surface area (Å²) in [4.78, 5) is 7.34. The first-order valence-corrected chi connectivity index (χ1v) is 21.9. The second kappa shape index (κ2) is 13.3. The second-order valence-corrected chi connectivity index (χ2v) is 17.0. The summed E-state index contributed by atoms with van der Waals surface area (Å²) in [5, 5.41) is 4.17. The van der Waals surface area contributed by atoms with Gasteiger partial charge in [0.1, 0.15) is 16.7 Å². The summed E-state index contributed by atoms with van der Waals surface area (Å²) in [5.41, 5.74) is 19.4. The zero-order valence-corrected chi connectivity index (χ0v) is 34.5. The topological polar surface area (TPSA) is 42.4 Å². The number of furan rings is 1. The van der Waals surface area contributed by atoms with Crippen LogP contribution in [-0.4, -0.2) is 4.98 Å². The van der Waals surface area contributed by atoms with E-state index in [0.29, 0.717) is 5.89 Å². The molecule has 0 amide bonds. The summed E-state index contributed by atoms with van der Waals surface area (Å²) >= 11 is 0. The van der Waals surface area contributed by atoms with Gasteiger partial charge in [0, 0.05) is 27.7 Å². The maximum Gasteiger partial charge on any atom is 0.227 e. The highest BCUT2D eigenvalue weighted by Gasteiger charge is 2.51. The minimum Gasteiger partial charge on any atom is -0.455 e. The highest BCUT2D eigenvalue weighted by molar-refractivity contribution is 6.22. The van der Waals surface area contributed by atoms with Gasteiger partial charge in [-0.25, -0.2) is 4.98 Å². The molecule has 4 heteroatoms. The minimum atomic E-state index is -0.493. The molecular weight excluding hydrogens is 781 g/mol. The Balaban J connectivity index is 1.06. The van der Waals surface area contributed by atoms with Crippen LogP contribution in [0.2, 0.25) is 0 Å². The van der Waals surface area contributed by atoms with E-state index in [9.17, 15) is 0 Å². The SMILES string of the molecule is c1ccc(-c2ccc(N(c3ccc4c(c3)C3(c5ccccc5-c5ccccc53)c3ccccc3-4)c3cc4ccccc4c4oc5ccc(-c6nc7ccccc7o6)cc5c34)cc2)cc1. The van der Waals surface area contributed by atoms with E-state index in [0.717, 1.165) is 72.0 Å². The van der Waals surface area contributed by atoms with Crippen LogP contribution >= 0.6 is 0 Å². The van der Waals surface area contributed by atoms with E-state index < -0.39 is 5.41 Å². The molecule has 0 bridgehead atoms. The molecule has 1 spiro atoms. The molecule has 14 rings (SSSR count). The van der Waals surface area contributed by atoms with E-state index in [-0.39, 0.29) is 0 Å². The molecule has 0 atom stereocenters. The van der Waals surface area contributed by atoms with Gasteiger partial charge in [0.15, 0.2) is 5.58 Å². The Kier molecular flexibility index (Phi) is 7.29. The molecule has 12 aromatic rings. The lowest BCUT2D eigenvalue weighted by atomic mass is 9.70. The smallest absolute Gasteiger partial charge is 0.227 e. The molecule has 0 radical (unpaired) electrons. The molecule has 298 valence electrons. The van der Waals surface area contributed by atoms with Crippen LogP contribution in [0.25, 0.3) is 88.6 Å². The van der Waals surface area contributed by atoms with Crippen LogP contribution < -0.4 is 4.90 Å². The number of para-hydroxylation sites is 2. The first kappa shape index (κ1) is 35.2. The fraction of sp³-hybridized carbons (Fsp3) is 0.0167. The van der Waals surface area contributed by atoms with Crippen molar-refractivity contribution in [1.29, 1.82) is 0 Å². The van der Waals surface area contributed by atoms with Crippen molar-refractivity contribution in [2.24, 2.45) is 0 Å². The summed E-state index contributed by atoms with van der Waals surface area (Å²) in [5.74, 6) is 0.578. The third-order valence-electron chi connectivity index (χ3n) is 13.7. The van der Waals surface area contributed by atoms with Crippen LogP contribution in [0.4, 0.5) is 17.1 Å². The maximum atomic E-state index is 6.95. The molecule has 0 fully saturated rings. The van der Waals surface area contributed by atoms with E-state index in [2.05, 4.69) is 193 Å². The Hall–Kier alpha value is -8.47. The number of rotatable bonds is 5. The molecule has 10 aromatic carbocycles. The molecule has 0 aliphatic heterocycles. The van der Waals surface area contributed by atoms with Gasteiger partial charge >= 0.3 is 0 Å². The number of oxazole rings is 1. The maximum absolute atomic E-state index is 6.95. The fourth-order valence-electron chi connectivity index (χ4n) is 11.0. The van der Waals surface area contributed by atoms with Crippen LogP contribution in [0.1, 0.15) is 22.3 Å². The largest absolute Gasteiger partial charge is 0.455 e. The fourth-order valence-corrected chi connectivity index (χ4v) is 11.0. The number of benzene rings is 10. The number of hydrogen-bond acceptors (Lipinski definition) is 4. The first-order valence-electron chi connectivity index (χ1n) is 21.9. The van der Waals surface area contributed by atoms with Crippen molar-refractivity contribution in [2.75, 3.05) is 4.90 Å².